The van der Waals surface area contributed by atoms with Crippen LogP contribution in [0, 0.1) is 11.8 Å². The van der Waals surface area contributed by atoms with E-state index >= 15 is 0 Å². The van der Waals surface area contributed by atoms with Gasteiger partial charge in [-0.15, -0.1) is 0 Å². The number of amides is 1. The van der Waals surface area contributed by atoms with E-state index in [1.54, 1.807) is 7.11 Å². The Morgan fingerprint density at radius 2 is 1.77 bits per heavy atom. The van der Waals surface area contributed by atoms with Gasteiger partial charge in [-0.2, -0.15) is 0 Å². The first-order valence-electron chi connectivity index (χ1n) is 11.6. The highest BCUT2D eigenvalue weighted by atomic mass is 16.5. The van der Waals surface area contributed by atoms with Crippen LogP contribution in [-0.2, 0) is 9.53 Å². The summed E-state index contributed by atoms with van der Waals surface area (Å²) in [5.41, 5.74) is -0.0335. The quantitative estimate of drug-likeness (QED) is 0.526. The van der Waals surface area contributed by atoms with Gasteiger partial charge in [0.15, 0.2) is 0 Å². The summed E-state index contributed by atoms with van der Waals surface area (Å²) in [6, 6.07) is 8.31. The minimum Gasteiger partial charge on any atom is -0.492 e. The van der Waals surface area contributed by atoms with Gasteiger partial charge in [-0.05, 0) is 75.3 Å². The van der Waals surface area contributed by atoms with Crippen LogP contribution in [0.3, 0.4) is 0 Å². The Kier molecular flexibility index (Phi) is 9.63. The Morgan fingerprint density at radius 3 is 2.30 bits per heavy atom. The molecule has 0 radical (unpaired) electrons. The van der Waals surface area contributed by atoms with Crippen LogP contribution < -0.4 is 10.1 Å². The van der Waals surface area contributed by atoms with Crippen molar-refractivity contribution in [2.75, 3.05) is 32.1 Å². The molecular formula is C25H42N2O3. The Balaban J connectivity index is 1.92. The lowest BCUT2D eigenvalue weighted by Gasteiger charge is -2.34. The van der Waals surface area contributed by atoms with Crippen molar-refractivity contribution in [3.05, 3.63) is 24.3 Å². The number of nitrogens with one attached hydrogen (secondary N) is 1. The van der Waals surface area contributed by atoms with Crippen molar-refractivity contribution in [3.63, 3.8) is 0 Å². The maximum Gasteiger partial charge on any atom is 0.256 e. The zero-order chi connectivity index (χ0) is 22.1. The maximum atomic E-state index is 13.1. The molecule has 5 heteroatoms. The monoisotopic (exact) mass is 418 g/mol. The molecule has 1 aliphatic heterocycles. The van der Waals surface area contributed by atoms with Gasteiger partial charge >= 0.3 is 0 Å². The third-order valence-electron chi connectivity index (χ3n) is 5.98. The molecule has 0 spiro atoms. The molecule has 1 saturated heterocycles. The number of hydrogen-bond acceptors (Lipinski definition) is 4. The maximum absolute atomic E-state index is 13.1. The Labute approximate surface area is 183 Å². The number of hydrogen-bond donors (Lipinski definition) is 1. The number of carbonyl (C=O) groups excluding carboxylic acids is 1. The van der Waals surface area contributed by atoms with Crippen LogP contribution in [0.1, 0.15) is 66.7 Å². The molecule has 1 aliphatic rings. The number of rotatable bonds is 11. The summed E-state index contributed by atoms with van der Waals surface area (Å²) < 4.78 is 11.7. The minimum absolute atomic E-state index is 0.0693. The fourth-order valence-electron chi connectivity index (χ4n) is 4.50. The van der Waals surface area contributed by atoms with Crippen molar-refractivity contribution in [3.8, 4) is 5.75 Å². The van der Waals surface area contributed by atoms with E-state index in [4.69, 9.17) is 9.47 Å². The number of ether oxygens (including phenoxy) is 2. The van der Waals surface area contributed by atoms with Crippen molar-refractivity contribution in [1.82, 2.24) is 4.90 Å². The van der Waals surface area contributed by atoms with E-state index in [0.717, 1.165) is 18.0 Å². The van der Waals surface area contributed by atoms with Gasteiger partial charge < -0.3 is 14.8 Å². The normalized spacial score (nSPS) is 18.1. The van der Waals surface area contributed by atoms with E-state index in [1.807, 2.05) is 24.3 Å². The van der Waals surface area contributed by atoms with Crippen molar-refractivity contribution in [2.45, 2.75) is 78.4 Å². The van der Waals surface area contributed by atoms with Crippen molar-refractivity contribution >= 4 is 11.6 Å². The van der Waals surface area contributed by atoms with Crippen LogP contribution >= 0.6 is 0 Å². The third kappa shape index (κ3) is 7.28. The van der Waals surface area contributed by atoms with E-state index in [0.29, 0.717) is 37.3 Å². The first-order valence-corrected chi connectivity index (χ1v) is 11.6. The molecule has 0 bridgehead atoms. The largest absolute Gasteiger partial charge is 0.492 e. The van der Waals surface area contributed by atoms with E-state index in [9.17, 15) is 4.79 Å². The second-order valence-corrected chi connectivity index (χ2v) is 9.60. The molecule has 0 saturated carbocycles. The Hall–Kier alpha value is -1.59. The van der Waals surface area contributed by atoms with Crippen molar-refractivity contribution in [2.24, 2.45) is 11.8 Å². The number of nitrogens with zero attached hydrogens (tertiary/aromatic N) is 1. The smallest absolute Gasteiger partial charge is 0.256 e. The predicted molar refractivity (Wildman–Crippen MR) is 124 cm³/mol. The predicted octanol–water partition coefficient (Wildman–Crippen LogP) is 5.36. The highest BCUT2D eigenvalue weighted by molar-refractivity contribution is 5.97. The lowest BCUT2D eigenvalue weighted by Crippen LogP contribution is -2.46. The highest BCUT2D eigenvalue weighted by Crippen LogP contribution is 2.30. The molecule has 170 valence electrons. The molecule has 0 unspecified atom stereocenters. The number of likely N-dealkylation sites (tertiary alicyclic amines) is 1. The van der Waals surface area contributed by atoms with Gasteiger partial charge in [-0.1, -0.05) is 34.1 Å². The lowest BCUT2D eigenvalue weighted by molar-refractivity contribution is -0.142. The zero-order valence-electron chi connectivity index (χ0n) is 19.9. The molecule has 0 aromatic heterocycles. The zero-order valence-corrected chi connectivity index (χ0v) is 19.9. The van der Waals surface area contributed by atoms with Crippen LogP contribution in [0.2, 0.25) is 0 Å². The molecule has 2 rings (SSSR count). The van der Waals surface area contributed by atoms with E-state index < -0.39 is 5.60 Å². The van der Waals surface area contributed by atoms with Crippen molar-refractivity contribution in [1.29, 1.82) is 0 Å². The fraction of sp³-hybridized carbons (Fsp3) is 0.720. The average Bonchev–Trinajstić information content (AvgIpc) is 2.69. The molecule has 1 heterocycles. The number of carbonyl (C=O) groups is 1. The number of anilines is 1. The summed E-state index contributed by atoms with van der Waals surface area (Å²) in [4.78, 5) is 15.6. The topological polar surface area (TPSA) is 50.8 Å². The van der Waals surface area contributed by atoms with Gasteiger partial charge in [-0.3, -0.25) is 9.69 Å². The summed E-state index contributed by atoms with van der Waals surface area (Å²) >= 11 is 0. The third-order valence-corrected chi connectivity index (χ3v) is 5.98. The van der Waals surface area contributed by atoms with Gasteiger partial charge in [-0.25, -0.2) is 0 Å². The summed E-state index contributed by atoms with van der Waals surface area (Å²) in [6.07, 6.45) is 5.30. The fourth-order valence-corrected chi connectivity index (χ4v) is 4.50. The van der Waals surface area contributed by atoms with Gasteiger partial charge in [0.1, 0.15) is 18.0 Å². The summed E-state index contributed by atoms with van der Waals surface area (Å²) in [7, 11) is 1.64. The molecular weight excluding hydrogens is 376 g/mol. The Morgan fingerprint density at radius 1 is 1.13 bits per heavy atom. The second kappa shape index (κ2) is 11.7. The molecule has 1 aromatic rings. The molecule has 1 aromatic carbocycles. The average molecular weight is 419 g/mol. The molecule has 5 nitrogen and oxygen atoms in total. The van der Waals surface area contributed by atoms with E-state index in [-0.39, 0.29) is 5.91 Å². The molecule has 30 heavy (non-hydrogen) atoms. The van der Waals surface area contributed by atoms with Crippen LogP contribution in [0.25, 0.3) is 0 Å². The molecule has 1 atom stereocenters. The number of methoxy groups -OCH3 is 1. The van der Waals surface area contributed by atoms with E-state index in [2.05, 4.69) is 44.8 Å². The SMILES string of the molecule is COC(CC(C)C)(CC(C)C)C(=O)Nc1ccc(OCCN2CCCC[C@H]2C)cc1. The summed E-state index contributed by atoms with van der Waals surface area (Å²) in [6.45, 7) is 13.6. The summed E-state index contributed by atoms with van der Waals surface area (Å²) in [5, 5.41) is 3.06. The minimum atomic E-state index is -0.803. The second-order valence-electron chi connectivity index (χ2n) is 9.60. The number of piperidine rings is 1. The highest BCUT2D eigenvalue weighted by Gasteiger charge is 2.39. The van der Waals surface area contributed by atoms with Crippen LogP contribution in [0.4, 0.5) is 5.69 Å². The standard InChI is InChI=1S/C25H42N2O3/c1-19(2)17-25(29-6,18-20(3)4)24(28)26-22-10-12-23(13-11-22)30-16-15-27-14-8-7-9-21(27)5/h10-13,19-21H,7-9,14-18H2,1-6H3,(H,26,28)/t21-/m1/s1. The lowest BCUT2D eigenvalue weighted by atomic mass is 9.84. The first-order chi connectivity index (χ1) is 14.3. The molecule has 1 amide bonds. The van der Waals surface area contributed by atoms with E-state index in [1.165, 1.54) is 25.8 Å². The summed E-state index contributed by atoms with van der Waals surface area (Å²) in [5.74, 6) is 1.50. The van der Waals surface area contributed by atoms with Crippen LogP contribution in [0.5, 0.6) is 5.75 Å². The first kappa shape index (κ1) is 24.7. The van der Waals surface area contributed by atoms with Gasteiger partial charge in [0.05, 0.1) is 0 Å². The molecule has 1 fully saturated rings. The molecule has 1 N–H and O–H groups in total. The molecule has 0 aliphatic carbocycles. The van der Waals surface area contributed by atoms with Crippen LogP contribution in [0.15, 0.2) is 24.3 Å². The van der Waals surface area contributed by atoms with Gasteiger partial charge in [0, 0.05) is 25.4 Å². The van der Waals surface area contributed by atoms with Gasteiger partial charge in [0.25, 0.3) is 5.91 Å². The van der Waals surface area contributed by atoms with Crippen molar-refractivity contribution < 1.29 is 14.3 Å². The Bertz CT molecular complexity index is 632. The number of benzene rings is 1. The van der Waals surface area contributed by atoms with Gasteiger partial charge in [0.2, 0.25) is 0 Å². The van der Waals surface area contributed by atoms with Crippen LogP contribution in [-0.4, -0.2) is 49.3 Å².